The van der Waals surface area contributed by atoms with Gasteiger partial charge in [-0.2, -0.15) is 13.2 Å². The Morgan fingerprint density at radius 2 is 2.00 bits per heavy atom. The molecular formula is C13H9F3O3. The number of rotatable bonds is 2. The number of carbonyl (C=O) groups is 1. The molecule has 6 heteroatoms. The molecule has 2 rings (SSSR count). The molecule has 100 valence electrons. The maximum Gasteiger partial charge on any atom is 0.416 e. The number of halogens is 3. The number of ether oxygens (including phenoxy) is 1. The lowest BCUT2D eigenvalue weighted by Gasteiger charge is -2.11. The summed E-state index contributed by atoms with van der Waals surface area (Å²) >= 11 is 0. The highest BCUT2D eigenvalue weighted by molar-refractivity contribution is 5.96. The van der Waals surface area contributed by atoms with E-state index in [1.165, 1.54) is 18.4 Å². The zero-order valence-corrected chi connectivity index (χ0v) is 9.82. The summed E-state index contributed by atoms with van der Waals surface area (Å²) in [6.07, 6.45) is -3.17. The molecule has 2 aromatic rings. The average molecular weight is 270 g/mol. The first-order chi connectivity index (χ1) is 8.93. The highest BCUT2D eigenvalue weighted by Gasteiger charge is 2.32. The molecule has 0 bridgehead atoms. The average Bonchev–Trinajstić information content (AvgIpc) is 2.89. The Bertz CT molecular complexity index is 586. The van der Waals surface area contributed by atoms with Crippen molar-refractivity contribution in [3.63, 3.8) is 0 Å². The van der Waals surface area contributed by atoms with Gasteiger partial charge in [-0.25, -0.2) is 4.79 Å². The molecular weight excluding hydrogens is 261 g/mol. The van der Waals surface area contributed by atoms with Crippen molar-refractivity contribution in [1.82, 2.24) is 0 Å². The van der Waals surface area contributed by atoms with E-state index in [1.807, 2.05) is 0 Å². The maximum atomic E-state index is 12.7. The minimum absolute atomic E-state index is 0.0189. The first kappa shape index (κ1) is 13.2. The molecule has 0 aliphatic heterocycles. The third kappa shape index (κ3) is 2.62. The van der Waals surface area contributed by atoms with E-state index in [1.54, 1.807) is 0 Å². The van der Waals surface area contributed by atoms with Crippen molar-refractivity contribution in [2.24, 2.45) is 0 Å². The first-order valence-corrected chi connectivity index (χ1v) is 5.27. The van der Waals surface area contributed by atoms with Crippen molar-refractivity contribution in [2.45, 2.75) is 6.18 Å². The molecule has 0 atom stereocenters. The zero-order chi connectivity index (χ0) is 14.0. The molecule has 0 radical (unpaired) electrons. The second-order valence-electron chi connectivity index (χ2n) is 3.73. The van der Waals surface area contributed by atoms with Crippen LogP contribution in [0.5, 0.6) is 0 Å². The van der Waals surface area contributed by atoms with E-state index in [-0.39, 0.29) is 16.9 Å². The van der Waals surface area contributed by atoms with Crippen molar-refractivity contribution in [3.8, 4) is 11.3 Å². The Kier molecular flexibility index (Phi) is 3.33. The zero-order valence-electron chi connectivity index (χ0n) is 9.82. The van der Waals surface area contributed by atoms with Gasteiger partial charge in [-0.15, -0.1) is 0 Å². The predicted molar refractivity (Wildman–Crippen MR) is 60.5 cm³/mol. The summed E-state index contributed by atoms with van der Waals surface area (Å²) < 4.78 is 47.6. The molecule has 0 saturated heterocycles. The van der Waals surface area contributed by atoms with Gasteiger partial charge in [0.25, 0.3) is 0 Å². The Balaban J connectivity index is 2.61. The van der Waals surface area contributed by atoms with Gasteiger partial charge in [-0.05, 0) is 30.3 Å². The van der Waals surface area contributed by atoms with E-state index >= 15 is 0 Å². The van der Waals surface area contributed by atoms with Crippen LogP contribution < -0.4 is 0 Å². The van der Waals surface area contributed by atoms with Crippen LogP contribution in [0.4, 0.5) is 13.2 Å². The minimum atomic E-state index is -4.49. The Hall–Kier alpha value is -2.24. The molecule has 1 aromatic heterocycles. The van der Waals surface area contributed by atoms with Crippen molar-refractivity contribution in [2.75, 3.05) is 7.11 Å². The first-order valence-electron chi connectivity index (χ1n) is 5.27. The van der Waals surface area contributed by atoms with Gasteiger partial charge in [0.2, 0.25) is 0 Å². The lowest BCUT2D eigenvalue weighted by atomic mass is 10.0. The van der Waals surface area contributed by atoms with Crippen LogP contribution >= 0.6 is 0 Å². The predicted octanol–water partition coefficient (Wildman–Crippen LogP) is 3.75. The number of furan rings is 1. The minimum Gasteiger partial charge on any atom is -0.465 e. The summed E-state index contributed by atoms with van der Waals surface area (Å²) in [5.74, 6) is -0.549. The van der Waals surface area contributed by atoms with Crippen LogP contribution in [-0.2, 0) is 10.9 Å². The Labute approximate surface area is 106 Å². The Morgan fingerprint density at radius 1 is 1.26 bits per heavy atom. The fraction of sp³-hybridized carbons (Fsp3) is 0.154. The van der Waals surface area contributed by atoms with Crippen molar-refractivity contribution in [3.05, 3.63) is 47.7 Å². The van der Waals surface area contributed by atoms with Gasteiger partial charge >= 0.3 is 12.1 Å². The van der Waals surface area contributed by atoms with Crippen LogP contribution in [0.3, 0.4) is 0 Å². The monoisotopic (exact) mass is 270 g/mol. The summed E-state index contributed by atoms with van der Waals surface area (Å²) in [5, 5.41) is 0. The molecule has 0 fully saturated rings. The van der Waals surface area contributed by atoms with Gasteiger partial charge in [0.1, 0.15) is 5.76 Å². The maximum absolute atomic E-state index is 12.7. The standard InChI is InChI=1S/C13H9F3O3/c1-18-12(17)9-5-4-8(13(14,15)16)7-10(9)11-3-2-6-19-11/h2-7H,1H3. The number of hydrogen-bond donors (Lipinski definition) is 0. The van der Waals surface area contributed by atoms with Crippen LogP contribution in [0.15, 0.2) is 41.0 Å². The van der Waals surface area contributed by atoms with Gasteiger partial charge in [0.05, 0.1) is 24.5 Å². The molecule has 1 heterocycles. The smallest absolute Gasteiger partial charge is 0.416 e. The summed E-state index contributed by atoms with van der Waals surface area (Å²) in [7, 11) is 1.16. The number of methoxy groups -OCH3 is 1. The van der Waals surface area contributed by atoms with Crippen LogP contribution in [0, 0.1) is 0 Å². The number of alkyl halides is 3. The van der Waals surface area contributed by atoms with E-state index in [2.05, 4.69) is 4.74 Å². The second-order valence-corrected chi connectivity index (χ2v) is 3.73. The van der Waals surface area contributed by atoms with Crippen LogP contribution in [0.1, 0.15) is 15.9 Å². The second kappa shape index (κ2) is 4.79. The summed E-state index contributed by atoms with van der Waals surface area (Å²) in [5.41, 5.74) is -0.788. The molecule has 0 unspecified atom stereocenters. The lowest BCUT2D eigenvalue weighted by molar-refractivity contribution is -0.137. The number of hydrogen-bond acceptors (Lipinski definition) is 3. The van der Waals surface area contributed by atoms with Crippen LogP contribution in [0.2, 0.25) is 0 Å². The summed E-state index contributed by atoms with van der Waals surface area (Å²) in [6.45, 7) is 0. The van der Waals surface area contributed by atoms with Gasteiger partial charge < -0.3 is 9.15 Å². The third-order valence-corrected chi connectivity index (χ3v) is 2.54. The lowest BCUT2D eigenvalue weighted by Crippen LogP contribution is -2.08. The van der Waals surface area contributed by atoms with Gasteiger partial charge in [-0.1, -0.05) is 0 Å². The largest absolute Gasteiger partial charge is 0.465 e. The summed E-state index contributed by atoms with van der Waals surface area (Å²) in [6, 6.07) is 5.77. The van der Waals surface area contributed by atoms with E-state index in [9.17, 15) is 18.0 Å². The fourth-order valence-corrected chi connectivity index (χ4v) is 1.64. The molecule has 19 heavy (non-hydrogen) atoms. The van der Waals surface area contributed by atoms with Crippen molar-refractivity contribution >= 4 is 5.97 Å². The quantitative estimate of drug-likeness (QED) is 0.780. The van der Waals surface area contributed by atoms with Crippen LogP contribution in [0.25, 0.3) is 11.3 Å². The van der Waals surface area contributed by atoms with Gasteiger partial charge in [0.15, 0.2) is 0 Å². The fourth-order valence-electron chi connectivity index (χ4n) is 1.64. The highest BCUT2D eigenvalue weighted by atomic mass is 19.4. The normalized spacial score (nSPS) is 11.4. The molecule has 0 aliphatic carbocycles. The van der Waals surface area contributed by atoms with Gasteiger partial charge in [0, 0.05) is 5.56 Å². The van der Waals surface area contributed by atoms with Crippen molar-refractivity contribution < 1.29 is 27.1 Å². The molecule has 0 spiro atoms. The number of benzene rings is 1. The van der Waals surface area contributed by atoms with Crippen molar-refractivity contribution in [1.29, 1.82) is 0 Å². The topological polar surface area (TPSA) is 39.4 Å². The van der Waals surface area contributed by atoms with Crippen LogP contribution in [-0.4, -0.2) is 13.1 Å². The van der Waals surface area contributed by atoms with E-state index in [4.69, 9.17) is 4.42 Å². The molecule has 3 nitrogen and oxygen atoms in total. The third-order valence-electron chi connectivity index (χ3n) is 2.54. The SMILES string of the molecule is COC(=O)c1ccc(C(F)(F)F)cc1-c1ccco1. The molecule has 0 amide bonds. The van der Waals surface area contributed by atoms with E-state index in [0.29, 0.717) is 0 Å². The Morgan fingerprint density at radius 3 is 2.53 bits per heavy atom. The molecule has 0 aliphatic rings. The number of carbonyl (C=O) groups excluding carboxylic acids is 1. The number of esters is 1. The molecule has 0 saturated carbocycles. The van der Waals surface area contributed by atoms with E-state index < -0.39 is 17.7 Å². The van der Waals surface area contributed by atoms with E-state index in [0.717, 1.165) is 25.3 Å². The summed E-state index contributed by atoms with van der Waals surface area (Å²) in [4.78, 5) is 11.5. The molecule has 0 N–H and O–H groups in total. The highest BCUT2D eigenvalue weighted by Crippen LogP contribution is 2.34. The molecule has 1 aromatic carbocycles. The van der Waals surface area contributed by atoms with Gasteiger partial charge in [-0.3, -0.25) is 0 Å².